The lowest BCUT2D eigenvalue weighted by Gasteiger charge is -2.35. The number of aryl methyl sites for hydroxylation is 1. The Morgan fingerprint density at radius 2 is 1.76 bits per heavy atom. The summed E-state index contributed by atoms with van der Waals surface area (Å²) in [6.45, 7) is 8.27. The van der Waals surface area contributed by atoms with Crippen LogP contribution in [0.2, 0.25) is 0 Å². The summed E-state index contributed by atoms with van der Waals surface area (Å²) in [5.41, 5.74) is 1.43. The molecule has 0 saturated heterocycles. The van der Waals surface area contributed by atoms with Crippen LogP contribution in [0.1, 0.15) is 80.5 Å². The SMILES string of the molecule is Cc1nc(C2(NC(=O)c3ccc(C(C)(C)C)cc3)CCCCC2)no1. The van der Waals surface area contributed by atoms with Crippen LogP contribution in [0, 0.1) is 6.92 Å². The average molecular weight is 341 g/mol. The predicted molar refractivity (Wildman–Crippen MR) is 96.4 cm³/mol. The topological polar surface area (TPSA) is 68.0 Å². The quantitative estimate of drug-likeness (QED) is 0.905. The summed E-state index contributed by atoms with van der Waals surface area (Å²) in [5.74, 6) is 1.05. The first kappa shape index (κ1) is 17.6. The molecule has 1 aromatic carbocycles. The summed E-state index contributed by atoms with van der Waals surface area (Å²) in [6.07, 6.45) is 4.97. The van der Waals surface area contributed by atoms with Gasteiger partial charge in [0, 0.05) is 12.5 Å². The molecule has 25 heavy (non-hydrogen) atoms. The highest BCUT2D eigenvalue weighted by Crippen LogP contribution is 2.36. The Morgan fingerprint density at radius 1 is 1.12 bits per heavy atom. The number of carbonyl (C=O) groups is 1. The minimum absolute atomic E-state index is 0.0712. The van der Waals surface area contributed by atoms with E-state index in [1.54, 1.807) is 6.92 Å². The van der Waals surface area contributed by atoms with E-state index in [9.17, 15) is 4.79 Å². The maximum Gasteiger partial charge on any atom is 0.252 e. The summed E-state index contributed by atoms with van der Waals surface area (Å²) < 4.78 is 5.17. The van der Waals surface area contributed by atoms with E-state index in [1.807, 2.05) is 24.3 Å². The molecule has 2 aromatic rings. The van der Waals surface area contributed by atoms with Crippen molar-refractivity contribution >= 4 is 5.91 Å². The molecule has 3 rings (SSSR count). The highest BCUT2D eigenvalue weighted by Gasteiger charge is 2.39. The molecule has 1 fully saturated rings. The maximum absolute atomic E-state index is 12.9. The van der Waals surface area contributed by atoms with Crippen molar-refractivity contribution in [3.63, 3.8) is 0 Å². The molecule has 0 atom stereocenters. The van der Waals surface area contributed by atoms with Crippen molar-refractivity contribution in [2.24, 2.45) is 0 Å². The maximum atomic E-state index is 12.9. The number of rotatable bonds is 3. The Bertz CT molecular complexity index is 735. The molecular weight excluding hydrogens is 314 g/mol. The molecule has 0 radical (unpaired) electrons. The zero-order valence-electron chi connectivity index (χ0n) is 15.6. The minimum Gasteiger partial charge on any atom is -0.340 e. The zero-order valence-corrected chi connectivity index (χ0v) is 15.6. The number of hydrogen-bond acceptors (Lipinski definition) is 4. The molecule has 1 aliphatic rings. The molecule has 0 spiro atoms. The Hall–Kier alpha value is -2.17. The van der Waals surface area contributed by atoms with Crippen LogP contribution in [0.5, 0.6) is 0 Å². The molecule has 5 nitrogen and oxygen atoms in total. The highest BCUT2D eigenvalue weighted by atomic mass is 16.5. The van der Waals surface area contributed by atoms with Gasteiger partial charge in [-0.05, 0) is 36.0 Å². The van der Waals surface area contributed by atoms with Gasteiger partial charge in [-0.15, -0.1) is 0 Å². The van der Waals surface area contributed by atoms with Crippen molar-refractivity contribution in [2.45, 2.75) is 70.8 Å². The van der Waals surface area contributed by atoms with E-state index < -0.39 is 5.54 Å². The lowest BCUT2D eigenvalue weighted by Crippen LogP contribution is -2.48. The van der Waals surface area contributed by atoms with Crippen LogP contribution in [0.25, 0.3) is 0 Å². The molecule has 1 heterocycles. The standard InChI is InChI=1S/C20H27N3O2/c1-14-21-18(23-25-14)20(12-6-5-7-13-20)22-17(24)15-8-10-16(11-9-15)19(2,3)4/h8-11H,5-7,12-13H2,1-4H3,(H,22,24). The summed E-state index contributed by atoms with van der Waals surface area (Å²) >= 11 is 0. The zero-order chi connectivity index (χ0) is 18.1. The third kappa shape index (κ3) is 3.75. The van der Waals surface area contributed by atoms with Crippen LogP contribution in [0.4, 0.5) is 0 Å². The van der Waals surface area contributed by atoms with Crippen molar-refractivity contribution in [3.8, 4) is 0 Å². The van der Waals surface area contributed by atoms with Gasteiger partial charge < -0.3 is 9.84 Å². The van der Waals surface area contributed by atoms with E-state index in [2.05, 4.69) is 36.2 Å². The second-order valence-corrected chi connectivity index (χ2v) is 8.06. The van der Waals surface area contributed by atoms with E-state index in [1.165, 1.54) is 12.0 Å². The van der Waals surface area contributed by atoms with Crippen LogP contribution < -0.4 is 5.32 Å². The van der Waals surface area contributed by atoms with Gasteiger partial charge in [0.15, 0.2) is 5.82 Å². The fourth-order valence-electron chi connectivity index (χ4n) is 3.46. The summed E-state index contributed by atoms with van der Waals surface area (Å²) in [4.78, 5) is 17.3. The van der Waals surface area contributed by atoms with Crippen LogP contribution >= 0.6 is 0 Å². The first-order valence-electron chi connectivity index (χ1n) is 9.04. The van der Waals surface area contributed by atoms with E-state index in [0.717, 1.165) is 25.7 Å². The van der Waals surface area contributed by atoms with Crippen molar-refractivity contribution < 1.29 is 9.32 Å². The molecule has 0 aliphatic heterocycles. The molecule has 1 aliphatic carbocycles. The van der Waals surface area contributed by atoms with E-state index in [4.69, 9.17) is 4.52 Å². The van der Waals surface area contributed by atoms with Gasteiger partial charge in [0.25, 0.3) is 5.91 Å². The molecule has 1 amide bonds. The largest absolute Gasteiger partial charge is 0.340 e. The molecule has 0 unspecified atom stereocenters. The second kappa shape index (κ2) is 6.62. The molecule has 134 valence electrons. The van der Waals surface area contributed by atoms with E-state index in [0.29, 0.717) is 17.3 Å². The van der Waals surface area contributed by atoms with Crippen LogP contribution in [-0.4, -0.2) is 16.0 Å². The fourth-order valence-corrected chi connectivity index (χ4v) is 3.46. The van der Waals surface area contributed by atoms with Crippen molar-refractivity contribution in [2.75, 3.05) is 0 Å². The smallest absolute Gasteiger partial charge is 0.252 e. The normalized spacial score (nSPS) is 17.3. The van der Waals surface area contributed by atoms with Gasteiger partial charge in [-0.25, -0.2) is 0 Å². The number of carbonyl (C=O) groups excluding carboxylic acids is 1. The fraction of sp³-hybridized carbons (Fsp3) is 0.550. The third-order valence-electron chi connectivity index (χ3n) is 5.03. The van der Waals surface area contributed by atoms with Crippen LogP contribution in [0.15, 0.2) is 28.8 Å². The Labute approximate surface area is 149 Å². The Balaban J connectivity index is 1.83. The molecule has 0 bridgehead atoms. The molecule has 1 N–H and O–H groups in total. The van der Waals surface area contributed by atoms with Crippen LogP contribution in [0.3, 0.4) is 0 Å². The third-order valence-corrected chi connectivity index (χ3v) is 5.03. The number of nitrogens with one attached hydrogen (secondary N) is 1. The van der Waals surface area contributed by atoms with Gasteiger partial charge in [-0.2, -0.15) is 4.98 Å². The van der Waals surface area contributed by atoms with Crippen molar-refractivity contribution in [3.05, 3.63) is 47.1 Å². The average Bonchev–Trinajstić information content (AvgIpc) is 3.02. The van der Waals surface area contributed by atoms with Crippen LogP contribution in [-0.2, 0) is 11.0 Å². The van der Waals surface area contributed by atoms with E-state index in [-0.39, 0.29) is 11.3 Å². The first-order chi connectivity index (χ1) is 11.8. The Kier molecular flexibility index (Phi) is 4.67. The van der Waals surface area contributed by atoms with Gasteiger partial charge in [0.1, 0.15) is 5.54 Å². The summed E-state index contributed by atoms with van der Waals surface area (Å²) in [5, 5.41) is 7.32. The number of hydrogen-bond donors (Lipinski definition) is 1. The molecule has 1 aromatic heterocycles. The highest BCUT2D eigenvalue weighted by molar-refractivity contribution is 5.94. The van der Waals surface area contributed by atoms with E-state index >= 15 is 0 Å². The van der Waals surface area contributed by atoms with Gasteiger partial charge >= 0.3 is 0 Å². The number of nitrogens with zero attached hydrogens (tertiary/aromatic N) is 2. The first-order valence-corrected chi connectivity index (χ1v) is 9.04. The van der Waals surface area contributed by atoms with Crippen molar-refractivity contribution in [1.82, 2.24) is 15.5 Å². The van der Waals surface area contributed by atoms with Gasteiger partial charge in [0.2, 0.25) is 5.89 Å². The van der Waals surface area contributed by atoms with Crippen molar-refractivity contribution in [1.29, 1.82) is 0 Å². The molecule has 5 heteroatoms. The lowest BCUT2D eigenvalue weighted by molar-refractivity contribution is 0.0855. The number of benzene rings is 1. The molecule has 1 saturated carbocycles. The van der Waals surface area contributed by atoms with Gasteiger partial charge in [-0.1, -0.05) is 57.3 Å². The molecular formula is C20H27N3O2. The summed E-state index contributed by atoms with van der Waals surface area (Å²) in [6, 6.07) is 7.85. The Morgan fingerprint density at radius 3 is 2.28 bits per heavy atom. The number of amides is 1. The van der Waals surface area contributed by atoms with Gasteiger partial charge in [-0.3, -0.25) is 4.79 Å². The minimum atomic E-state index is -0.518. The second-order valence-electron chi connectivity index (χ2n) is 8.06. The predicted octanol–water partition coefficient (Wildman–Crippen LogP) is 4.26. The lowest BCUT2D eigenvalue weighted by atomic mass is 9.80. The number of aromatic nitrogens is 2. The monoisotopic (exact) mass is 341 g/mol. The summed E-state index contributed by atoms with van der Waals surface area (Å²) in [7, 11) is 0. The van der Waals surface area contributed by atoms with Gasteiger partial charge in [0.05, 0.1) is 0 Å².